The first-order valence-corrected chi connectivity index (χ1v) is 7.09. The third-order valence-electron chi connectivity index (χ3n) is 2.55. The van der Waals surface area contributed by atoms with Gasteiger partial charge in [-0.2, -0.15) is 13.2 Å². The van der Waals surface area contributed by atoms with Crippen LogP contribution in [0.15, 0.2) is 42.5 Å². The first-order valence-electron chi connectivity index (χ1n) is 5.59. The van der Waals surface area contributed by atoms with Crippen LogP contribution in [0.3, 0.4) is 0 Å². The number of halogens is 5. The molecule has 0 aromatic heterocycles. The molecule has 0 spiro atoms. The van der Waals surface area contributed by atoms with E-state index in [0.29, 0.717) is 21.7 Å². The van der Waals surface area contributed by atoms with E-state index in [1.807, 2.05) is 0 Å². The lowest BCUT2D eigenvalue weighted by Gasteiger charge is -2.14. The van der Waals surface area contributed by atoms with E-state index < -0.39 is 11.7 Å². The predicted molar refractivity (Wildman–Crippen MR) is 75.6 cm³/mol. The lowest BCUT2D eigenvalue weighted by molar-refractivity contribution is -0.138. The number of benzene rings is 2. The Morgan fingerprint density at radius 2 is 1.70 bits per heavy atom. The maximum atomic E-state index is 13.0. The summed E-state index contributed by atoms with van der Waals surface area (Å²) in [6.45, 7) is 0. The van der Waals surface area contributed by atoms with Gasteiger partial charge in [-0.15, -0.1) is 0 Å². The third-order valence-corrected chi connectivity index (χ3v) is 3.44. The Balaban J connectivity index is 2.38. The largest absolute Gasteiger partial charge is 0.457 e. The molecule has 6 heteroatoms. The van der Waals surface area contributed by atoms with Crippen LogP contribution in [0.1, 0.15) is 11.1 Å². The van der Waals surface area contributed by atoms with Gasteiger partial charge in [-0.3, -0.25) is 0 Å². The molecular weight excluding hydrogens is 357 g/mol. The van der Waals surface area contributed by atoms with Crippen LogP contribution in [-0.2, 0) is 11.5 Å². The van der Waals surface area contributed by atoms with E-state index in [1.165, 1.54) is 18.2 Å². The second-order valence-electron chi connectivity index (χ2n) is 4.02. The highest BCUT2D eigenvalue weighted by Crippen LogP contribution is 2.39. The molecule has 1 nitrogen and oxygen atoms in total. The highest BCUT2D eigenvalue weighted by Gasteiger charge is 2.34. The molecule has 0 aliphatic rings. The normalized spacial score (nSPS) is 11.4. The van der Waals surface area contributed by atoms with Crippen molar-refractivity contribution in [3.63, 3.8) is 0 Å². The van der Waals surface area contributed by atoms with Gasteiger partial charge in [-0.05, 0) is 42.0 Å². The Morgan fingerprint density at radius 1 is 1.05 bits per heavy atom. The summed E-state index contributed by atoms with van der Waals surface area (Å²) in [6.07, 6.45) is -4.47. The zero-order chi connectivity index (χ0) is 14.8. The zero-order valence-electron chi connectivity index (χ0n) is 10.0. The van der Waals surface area contributed by atoms with Gasteiger partial charge >= 0.3 is 6.18 Å². The molecule has 0 fully saturated rings. The number of rotatable bonds is 3. The Labute approximate surface area is 127 Å². The molecular formula is C14H9BrClF3O. The van der Waals surface area contributed by atoms with Crippen molar-refractivity contribution in [2.24, 2.45) is 0 Å². The highest BCUT2D eigenvalue weighted by molar-refractivity contribution is 9.08. The number of hydrogen-bond acceptors (Lipinski definition) is 1. The van der Waals surface area contributed by atoms with Gasteiger partial charge in [-0.1, -0.05) is 33.6 Å². The van der Waals surface area contributed by atoms with E-state index in [2.05, 4.69) is 15.9 Å². The Hall–Kier alpha value is -1.20. The zero-order valence-corrected chi connectivity index (χ0v) is 12.4. The van der Waals surface area contributed by atoms with E-state index in [0.717, 1.165) is 6.07 Å². The first kappa shape index (κ1) is 15.2. The van der Waals surface area contributed by atoms with Crippen molar-refractivity contribution in [3.8, 4) is 11.5 Å². The summed E-state index contributed by atoms with van der Waals surface area (Å²) >= 11 is 8.85. The summed E-state index contributed by atoms with van der Waals surface area (Å²) in [5, 5.41) is 0.833. The minimum Gasteiger partial charge on any atom is -0.457 e. The molecule has 106 valence electrons. The summed E-state index contributed by atoms with van der Waals surface area (Å²) < 4.78 is 44.3. The molecule has 0 saturated heterocycles. The second kappa shape index (κ2) is 6.06. The molecule has 0 atom stereocenters. The fourth-order valence-corrected chi connectivity index (χ4v) is 2.08. The lowest BCUT2D eigenvalue weighted by Crippen LogP contribution is -2.07. The summed E-state index contributed by atoms with van der Waals surface area (Å²) in [5.74, 6) is 0.0658. The van der Waals surface area contributed by atoms with Crippen molar-refractivity contribution in [3.05, 3.63) is 58.6 Å². The van der Waals surface area contributed by atoms with Crippen LogP contribution in [0.25, 0.3) is 0 Å². The van der Waals surface area contributed by atoms with Crippen LogP contribution in [0.4, 0.5) is 13.2 Å². The standard InChI is InChI=1S/C14H9BrClF3O/c15-8-9-1-6-13(12(7-9)14(17,18)19)20-11-4-2-10(16)3-5-11/h1-7H,8H2. The van der Waals surface area contributed by atoms with Gasteiger partial charge in [0.1, 0.15) is 11.5 Å². The minimum absolute atomic E-state index is 0.232. The highest BCUT2D eigenvalue weighted by atomic mass is 79.9. The van der Waals surface area contributed by atoms with Crippen molar-refractivity contribution in [2.45, 2.75) is 11.5 Å². The van der Waals surface area contributed by atoms with Crippen molar-refractivity contribution in [1.29, 1.82) is 0 Å². The van der Waals surface area contributed by atoms with Crippen LogP contribution >= 0.6 is 27.5 Å². The summed E-state index contributed by atoms with van der Waals surface area (Å²) in [7, 11) is 0. The van der Waals surface area contributed by atoms with Gasteiger partial charge in [0, 0.05) is 10.4 Å². The van der Waals surface area contributed by atoms with E-state index in [9.17, 15) is 13.2 Å². The first-order chi connectivity index (χ1) is 9.40. The van der Waals surface area contributed by atoms with Gasteiger partial charge < -0.3 is 4.74 Å². The van der Waals surface area contributed by atoms with E-state index >= 15 is 0 Å². The molecule has 0 aliphatic heterocycles. The molecule has 2 aromatic rings. The molecule has 0 bridgehead atoms. The Kier molecular flexibility index (Phi) is 4.60. The van der Waals surface area contributed by atoms with Gasteiger partial charge in [0.15, 0.2) is 0 Å². The average molecular weight is 366 g/mol. The van der Waals surface area contributed by atoms with E-state index in [-0.39, 0.29) is 5.75 Å². The van der Waals surface area contributed by atoms with Crippen LogP contribution < -0.4 is 4.74 Å². The summed E-state index contributed by atoms with van der Waals surface area (Å²) in [5.41, 5.74) is -0.273. The number of hydrogen-bond donors (Lipinski definition) is 0. The molecule has 2 rings (SSSR count). The fourth-order valence-electron chi connectivity index (χ4n) is 1.60. The van der Waals surface area contributed by atoms with Crippen LogP contribution in [0, 0.1) is 0 Å². The van der Waals surface area contributed by atoms with Crippen LogP contribution in [0.2, 0.25) is 5.02 Å². The molecule has 0 amide bonds. The van der Waals surface area contributed by atoms with Crippen molar-refractivity contribution in [2.75, 3.05) is 0 Å². The van der Waals surface area contributed by atoms with Gasteiger partial charge in [0.05, 0.1) is 5.56 Å². The van der Waals surface area contributed by atoms with Gasteiger partial charge in [0.2, 0.25) is 0 Å². The molecule has 2 aromatic carbocycles. The fraction of sp³-hybridized carbons (Fsp3) is 0.143. The minimum atomic E-state index is -4.47. The van der Waals surface area contributed by atoms with Crippen molar-refractivity contribution in [1.82, 2.24) is 0 Å². The average Bonchev–Trinajstić information content (AvgIpc) is 2.40. The third kappa shape index (κ3) is 3.67. The lowest BCUT2D eigenvalue weighted by atomic mass is 10.1. The van der Waals surface area contributed by atoms with Crippen molar-refractivity contribution >= 4 is 27.5 Å². The molecule has 0 heterocycles. The smallest absolute Gasteiger partial charge is 0.419 e. The monoisotopic (exact) mass is 364 g/mol. The molecule has 20 heavy (non-hydrogen) atoms. The quantitative estimate of drug-likeness (QED) is 0.602. The molecule has 0 N–H and O–H groups in total. The second-order valence-corrected chi connectivity index (χ2v) is 5.02. The summed E-state index contributed by atoms with van der Waals surface area (Å²) in [4.78, 5) is 0. The van der Waals surface area contributed by atoms with Crippen LogP contribution in [0.5, 0.6) is 11.5 Å². The van der Waals surface area contributed by atoms with E-state index in [4.69, 9.17) is 16.3 Å². The Morgan fingerprint density at radius 3 is 2.25 bits per heavy atom. The predicted octanol–water partition coefficient (Wildman–Crippen LogP) is 6.05. The maximum absolute atomic E-state index is 13.0. The molecule has 0 radical (unpaired) electrons. The molecule has 0 saturated carbocycles. The number of alkyl halides is 4. The van der Waals surface area contributed by atoms with Gasteiger partial charge in [0.25, 0.3) is 0 Å². The SMILES string of the molecule is FC(F)(F)c1cc(CBr)ccc1Oc1ccc(Cl)cc1. The summed E-state index contributed by atoms with van der Waals surface area (Å²) in [6, 6.07) is 10.1. The van der Waals surface area contributed by atoms with E-state index in [1.54, 1.807) is 18.2 Å². The number of ether oxygens (including phenoxy) is 1. The molecule has 0 aliphatic carbocycles. The van der Waals surface area contributed by atoms with Crippen LogP contribution in [-0.4, -0.2) is 0 Å². The van der Waals surface area contributed by atoms with Crippen molar-refractivity contribution < 1.29 is 17.9 Å². The maximum Gasteiger partial charge on any atom is 0.419 e. The van der Waals surface area contributed by atoms with Gasteiger partial charge in [-0.25, -0.2) is 0 Å². The molecule has 0 unspecified atom stereocenters. The topological polar surface area (TPSA) is 9.23 Å². The Bertz CT molecular complexity index is 596.